The summed E-state index contributed by atoms with van der Waals surface area (Å²) < 4.78 is 0. The summed E-state index contributed by atoms with van der Waals surface area (Å²) in [5.74, 6) is -0.229. The average Bonchev–Trinajstić information content (AvgIpc) is 2.82. The summed E-state index contributed by atoms with van der Waals surface area (Å²) in [6, 6.07) is 22.2. The van der Waals surface area contributed by atoms with Gasteiger partial charge in [-0.05, 0) is 49.4 Å². The Morgan fingerprint density at radius 1 is 0.968 bits per heavy atom. The minimum atomic E-state index is -0.320. The van der Waals surface area contributed by atoms with E-state index in [1.165, 1.54) is 0 Å². The lowest BCUT2D eigenvalue weighted by atomic mass is 10.2. The van der Waals surface area contributed by atoms with Crippen LogP contribution in [0.25, 0.3) is 0 Å². The molecule has 7 nitrogen and oxygen atoms in total. The van der Waals surface area contributed by atoms with Crippen molar-refractivity contribution < 1.29 is 9.59 Å². The summed E-state index contributed by atoms with van der Waals surface area (Å²) in [5, 5.41) is 8.49. The highest BCUT2D eigenvalue weighted by molar-refractivity contribution is 5.96. The summed E-state index contributed by atoms with van der Waals surface area (Å²) in [6.45, 7) is 2.85. The third-order valence-electron chi connectivity index (χ3n) is 4.92. The molecule has 0 fully saturated rings. The Morgan fingerprint density at radius 3 is 2.48 bits per heavy atom. The van der Waals surface area contributed by atoms with Crippen molar-refractivity contribution in [2.75, 3.05) is 23.8 Å². The number of amides is 3. The Morgan fingerprint density at radius 2 is 1.74 bits per heavy atom. The standard InChI is InChI=1S/C24H27N5O2/c1-18(29(2)22-12-4-3-5-13-22)16-27-24(31)28-20-11-8-9-19(15-20)23(30)26-17-21-10-6-7-14-25-21/h3-15,18H,16-17H2,1-2H3,(H,26,30)(H2,27,28,31)/t18-/m1/s1. The Hall–Kier alpha value is -3.87. The number of benzene rings is 2. The van der Waals surface area contributed by atoms with Gasteiger partial charge in [0.2, 0.25) is 0 Å². The molecule has 0 radical (unpaired) electrons. The number of anilines is 2. The molecule has 31 heavy (non-hydrogen) atoms. The van der Waals surface area contributed by atoms with Gasteiger partial charge in [0.25, 0.3) is 5.91 Å². The van der Waals surface area contributed by atoms with Crippen LogP contribution in [0.15, 0.2) is 79.0 Å². The Kier molecular flexibility index (Phi) is 7.59. The van der Waals surface area contributed by atoms with Crippen molar-refractivity contribution >= 4 is 23.3 Å². The first-order valence-corrected chi connectivity index (χ1v) is 10.1. The van der Waals surface area contributed by atoms with Crippen LogP contribution in [0.2, 0.25) is 0 Å². The van der Waals surface area contributed by atoms with E-state index in [4.69, 9.17) is 0 Å². The van der Waals surface area contributed by atoms with Gasteiger partial charge in [-0.1, -0.05) is 30.3 Å². The van der Waals surface area contributed by atoms with E-state index < -0.39 is 0 Å². The molecule has 1 heterocycles. The summed E-state index contributed by atoms with van der Waals surface area (Å²) in [6.07, 6.45) is 1.68. The van der Waals surface area contributed by atoms with Crippen LogP contribution in [0.4, 0.5) is 16.2 Å². The molecular weight excluding hydrogens is 390 g/mol. The second kappa shape index (κ2) is 10.8. The van der Waals surface area contributed by atoms with Crippen LogP contribution < -0.4 is 20.9 Å². The van der Waals surface area contributed by atoms with Crippen LogP contribution in [-0.2, 0) is 6.54 Å². The number of para-hydroxylation sites is 1. The first-order valence-electron chi connectivity index (χ1n) is 10.1. The predicted octanol–water partition coefficient (Wildman–Crippen LogP) is 3.66. The summed E-state index contributed by atoms with van der Waals surface area (Å²) >= 11 is 0. The SMILES string of the molecule is C[C@H](CNC(=O)Nc1cccc(C(=O)NCc2ccccn2)c1)N(C)c1ccccc1. The van der Waals surface area contributed by atoms with Gasteiger partial charge in [0.15, 0.2) is 0 Å². The number of carbonyl (C=O) groups excluding carboxylic acids is 2. The fraction of sp³-hybridized carbons (Fsp3) is 0.208. The maximum absolute atomic E-state index is 12.4. The molecular formula is C24H27N5O2. The molecule has 0 aliphatic carbocycles. The van der Waals surface area contributed by atoms with Crippen LogP contribution in [0.3, 0.4) is 0 Å². The number of rotatable bonds is 8. The lowest BCUT2D eigenvalue weighted by molar-refractivity contribution is 0.0950. The van der Waals surface area contributed by atoms with Crippen LogP contribution in [0.1, 0.15) is 23.0 Å². The number of hydrogen-bond donors (Lipinski definition) is 3. The average molecular weight is 418 g/mol. The lowest BCUT2D eigenvalue weighted by Gasteiger charge is -2.27. The highest BCUT2D eigenvalue weighted by atomic mass is 16.2. The Balaban J connectivity index is 1.49. The fourth-order valence-corrected chi connectivity index (χ4v) is 2.98. The monoisotopic (exact) mass is 417 g/mol. The first-order chi connectivity index (χ1) is 15.0. The summed E-state index contributed by atoms with van der Waals surface area (Å²) in [7, 11) is 1.99. The molecule has 0 bridgehead atoms. The number of aromatic nitrogens is 1. The van der Waals surface area contributed by atoms with E-state index in [1.54, 1.807) is 30.5 Å². The van der Waals surface area contributed by atoms with Crippen molar-refractivity contribution in [1.82, 2.24) is 15.6 Å². The van der Waals surface area contributed by atoms with E-state index >= 15 is 0 Å². The smallest absolute Gasteiger partial charge is 0.319 e. The van der Waals surface area contributed by atoms with Crippen LogP contribution in [0.5, 0.6) is 0 Å². The number of nitrogens with one attached hydrogen (secondary N) is 3. The molecule has 2 aromatic carbocycles. The van der Waals surface area contributed by atoms with Crippen LogP contribution in [-0.4, -0.2) is 36.6 Å². The van der Waals surface area contributed by atoms with Crippen molar-refractivity contribution in [2.24, 2.45) is 0 Å². The van der Waals surface area contributed by atoms with E-state index in [0.717, 1.165) is 11.4 Å². The second-order valence-corrected chi connectivity index (χ2v) is 7.22. The third kappa shape index (κ3) is 6.57. The minimum Gasteiger partial charge on any atom is -0.370 e. The highest BCUT2D eigenvalue weighted by Gasteiger charge is 2.12. The minimum absolute atomic E-state index is 0.108. The largest absolute Gasteiger partial charge is 0.370 e. The molecule has 0 unspecified atom stereocenters. The number of carbonyl (C=O) groups is 2. The zero-order valence-electron chi connectivity index (χ0n) is 17.7. The van der Waals surface area contributed by atoms with Crippen molar-refractivity contribution in [3.63, 3.8) is 0 Å². The Bertz CT molecular complexity index is 995. The molecule has 160 valence electrons. The molecule has 3 amide bonds. The topological polar surface area (TPSA) is 86.4 Å². The summed E-state index contributed by atoms with van der Waals surface area (Å²) in [5.41, 5.74) is 2.87. The van der Waals surface area contributed by atoms with Crippen LogP contribution >= 0.6 is 0 Å². The van der Waals surface area contributed by atoms with Crippen molar-refractivity contribution in [3.8, 4) is 0 Å². The van der Waals surface area contributed by atoms with Crippen molar-refractivity contribution in [1.29, 1.82) is 0 Å². The van der Waals surface area contributed by atoms with Gasteiger partial charge in [0.05, 0.1) is 12.2 Å². The third-order valence-corrected chi connectivity index (χ3v) is 4.92. The van der Waals surface area contributed by atoms with Crippen molar-refractivity contribution in [3.05, 3.63) is 90.3 Å². The zero-order valence-corrected chi connectivity index (χ0v) is 17.7. The molecule has 0 saturated carbocycles. The Labute approximate surface area is 182 Å². The quantitative estimate of drug-likeness (QED) is 0.522. The maximum Gasteiger partial charge on any atom is 0.319 e. The molecule has 0 aliphatic heterocycles. The van der Waals surface area contributed by atoms with E-state index in [0.29, 0.717) is 24.3 Å². The van der Waals surface area contributed by atoms with E-state index in [9.17, 15) is 9.59 Å². The van der Waals surface area contributed by atoms with Crippen LogP contribution in [0, 0.1) is 0 Å². The molecule has 0 saturated heterocycles. The van der Waals surface area contributed by atoms with E-state index in [-0.39, 0.29) is 18.0 Å². The number of nitrogens with zero attached hydrogens (tertiary/aromatic N) is 2. The molecule has 0 aliphatic rings. The lowest BCUT2D eigenvalue weighted by Crippen LogP contribution is -2.41. The molecule has 3 aromatic rings. The predicted molar refractivity (Wildman–Crippen MR) is 123 cm³/mol. The van der Waals surface area contributed by atoms with Gasteiger partial charge in [-0.15, -0.1) is 0 Å². The van der Waals surface area contributed by atoms with Gasteiger partial charge >= 0.3 is 6.03 Å². The molecule has 3 rings (SSSR count). The van der Waals surface area contributed by atoms with Gasteiger partial charge < -0.3 is 20.9 Å². The number of pyridine rings is 1. The van der Waals surface area contributed by atoms with Gasteiger partial charge in [-0.2, -0.15) is 0 Å². The van der Waals surface area contributed by atoms with Crippen molar-refractivity contribution in [2.45, 2.75) is 19.5 Å². The molecule has 1 atom stereocenters. The normalized spacial score (nSPS) is 11.3. The van der Waals surface area contributed by atoms with Gasteiger partial charge in [0, 0.05) is 42.8 Å². The molecule has 7 heteroatoms. The fourth-order valence-electron chi connectivity index (χ4n) is 2.98. The number of urea groups is 1. The van der Waals surface area contributed by atoms with Gasteiger partial charge in [-0.25, -0.2) is 4.79 Å². The molecule has 1 aromatic heterocycles. The van der Waals surface area contributed by atoms with Gasteiger partial charge in [0.1, 0.15) is 0 Å². The second-order valence-electron chi connectivity index (χ2n) is 7.22. The molecule has 0 spiro atoms. The molecule has 3 N–H and O–H groups in total. The number of hydrogen-bond acceptors (Lipinski definition) is 4. The van der Waals surface area contributed by atoms with E-state index in [2.05, 4.69) is 25.8 Å². The first kappa shape index (κ1) is 21.8. The maximum atomic E-state index is 12.4. The van der Waals surface area contributed by atoms with Gasteiger partial charge in [-0.3, -0.25) is 9.78 Å². The number of likely N-dealkylation sites (N-methyl/N-ethyl adjacent to an activating group) is 1. The van der Waals surface area contributed by atoms with E-state index in [1.807, 2.05) is 62.5 Å². The zero-order chi connectivity index (χ0) is 22.1. The highest BCUT2D eigenvalue weighted by Crippen LogP contribution is 2.14. The summed E-state index contributed by atoms with van der Waals surface area (Å²) in [4.78, 5) is 31.0.